The number of hydrogen-bond acceptors (Lipinski definition) is 6. The topological polar surface area (TPSA) is 137 Å². The molecule has 0 aromatic rings. The standard InChI is InChI=1S/C14H28N6O3/c1-8(2)11(15)12(21)17-9-3-5-19(7-9)13-10(18-14(16)22)4-6-20(13)23/h8-11,13,23H,3-7,15H2,1-2H3,(H,17,21)(H3,16,18,22). The Morgan fingerprint density at radius 3 is 2.52 bits per heavy atom. The normalized spacial score (nSPS) is 30.6. The van der Waals surface area contributed by atoms with Crippen molar-refractivity contribution in [3.63, 3.8) is 0 Å². The number of primary amides is 1. The quantitative estimate of drug-likeness (QED) is 0.422. The minimum atomic E-state index is -0.595. The molecule has 9 heteroatoms. The van der Waals surface area contributed by atoms with Crippen LogP contribution in [-0.4, -0.2) is 71.0 Å². The van der Waals surface area contributed by atoms with E-state index in [2.05, 4.69) is 15.5 Å². The average molecular weight is 328 g/mol. The smallest absolute Gasteiger partial charge is 0.312 e. The van der Waals surface area contributed by atoms with Crippen LogP contribution in [0.25, 0.3) is 0 Å². The van der Waals surface area contributed by atoms with Gasteiger partial charge in [0.2, 0.25) is 5.91 Å². The van der Waals surface area contributed by atoms with Crippen LogP contribution in [0, 0.1) is 5.92 Å². The van der Waals surface area contributed by atoms with Gasteiger partial charge in [-0.2, -0.15) is 5.06 Å². The van der Waals surface area contributed by atoms with Gasteiger partial charge >= 0.3 is 6.03 Å². The molecule has 0 radical (unpaired) electrons. The highest BCUT2D eigenvalue weighted by atomic mass is 16.5. The Labute approximate surface area is 136 Å². The molecule has 2 aliphatic rings. The molecule has 2 aliphatic heterocycles. The number of nitrogens with zero attached hydrogens (tertiary/aromatic N) is 2. The zero-order chi connectivity index (χ0) is 17.1. The lowest BCUT2D eigenvalue weighted by Crippen LogP contribution is -2.55. The van der Waals surface area contributed by atoms with Crippen LogP contribution in [0.5, 0.6) is 0 Å². The third-order valence-corrected chi connectivity index (χ3v) is 4.62. The van der Waals surface area contributed by atoms with Crippen LogP contribution in [0.1, 0.15) is 26.7 Å². The second-order valence-corrected chi connectivity index (χ2v) is 6.74. The summed E-state index contributed by atoms with van der Waals surface area (Å²) in [5.74, 6) is -0.0645. The maximum Gasteiger partial charge on any atom is 0.312 e. The number of carbonyl (C=O) groups excluding carboxylic acids is 2. The largest absolute Gasteiger partial charge is 0.352 e. The highest BCUT2D eigenvalue weighted by Gasteiger charge is 2.41. The first kappa shape index (κ1) is 17.9. The Morgan fingerprint density at radius 2 is 1.91 bits per heavy atom. The minimum Gasteiger partial charge on any atom is -0.352 e. The third kappa shape index (κ3) is 4.31. The van der Waals surface area contributed by atoms with Crippen LogP contribution in [0.2, 0.25) is 0 Å². The van der Waals surface area contributed by atoms with E-state index in [1.807, 2.05) is 13.8 Å². The summed E-state index contributed by atoms with van der Waals surface area (Å²) in [5.41, 5.74) is 11.1. The number of rotatable bonds is 5. The van der Waals surface area contributed by atoms with Crippen molar-refractivity contribution in [1.82, 2.24) is 20.6 Å². The predicted octanol–water partition coefficient (Wildman–Crippen LogP) is -1.38. The molecular formula is C14H28N6O3. The summed E-state index contributed by atoms with van der Waals surface area (Å²) >= 11 is 0. The van der Waals surface area contributed by atoms with Crippen LogP contribution >= 0.6 is 0 Å². The lowest BCUT2D eigenvalue weighted by atomic mass is 10.0. The Balaban J connectivity index is 1.91. The summed E-state index contributed by atoms with van der Waals surface area (Å²) in [4.78, 5) is 25.2. The first-order valence-electron chi connectivity index (χ1n) is 8.11. The first-order valence-corrected chi connectivity index (χ1v) is 8.11. The van der Waals surface area contributed by atoms with E-state index in [1.165, 1.54) is 5.06 Å². The lowest BCUT2D eigenvalue weighted by molar-refractivity contribution is -0.147. The molecule has 9 nitrogen and oxygen atoms in total. The van der Waals surface area contributed by atoms with Gasteiger partial charge in [-0.1, -0.05) is 13.8 Å². The predicted molar refractivity (Wildman–Crippen MR) is 84.3 cm³/mol. The zero-order valence-electron chi connectivity index (χ0n) is 13.7. The fourth-order valence-corrected chi connectivity index (χ4v) is 3.28. The van der Waals surface area contributed by atoms with Crippen molar-refractivity contribution in [2.75, 3.05) is 19.6 Å². The van der Waals surface area contributed by atoms with Crippen LogP contribution in [-0.2, 0) is 4.79 Å². The molecular weight excluding hydrogens is 300 g/mol. The minimum absolute atomic E-state index is 0.00414. The summed E-state index contributed by atoms with van der Waals surface area (Å²) in [7, 11) is 0. The number of hydrogen-bond donors (Lipinski definition) is 5. The molecule has 0 aliphatic carbocycles. The molecule has 0 aromatic heterocycles. The van der Waals surface area contributed by atoms with Crippen molar-refractivity contribution in [3.8, 4) is 0 Å². The second kappa shape index (κ2) is 7.43. The van der Waals surface area contributed by atoms with Gasteiger partial charge in [0.05, 0.1) is 12.1 Å². The molecule has 132 valence electrons. The van der Waals surface area contributed by atoms with Crippen molar-refractivity contribution >= 4 is 11.9 Å². The zero-order valence-corrected chi connectivity index (χ0v) is 13.7. The van der Waals surface area contributed by atoms with Gasteiger partial charge in [0.1, 0.15) is 6.17 Å². The van der Waals surface area contributed by atoms with E-state index in [-0.39, 0.29) is 30.1 Å². The molecule has 23 heavy (non-hydrogen) atoms. The number of nitrogens with one attached hydrogen (secondary N) is 2. The molecule has 3 amide bonds. The maximum absolute atomic E-state index is 12.1. The summed E-state index contributed by atoms with van der Waals surface area (Å²) in [6.07, 6.45) is 1.10. The van der Waals surface area contributed by atoms with E-state index in [4.69, 9.17) is 11.5 Å². The van der Waals surface area contributed by atoms with Crippen LogP contribution < -0.4 is 22.1 Å². The molecule has 0 spiro atoms. The van der Waals surface area contributed by atoms with E-state index >= 15 is 0 Å². The first-order chi connectivity index (χ1) is 10.8. The lowest BCUT2D eigenvalue weighted by Gasteiger charge is -2.32. The fourth-order valence-electron chi connectivity index (χ4n) is 3.28. The molecule has 2 saturated heterocycles. The van der Waals surface area contributed by atoms with Crippen molar-refractivity contribution in [1.29, 1.82) is 0 Å². The number of likely N-dealkylation sites (tertiary alicyclic amines) is 1. The summed E-state index contributed by atoms with van der Waals surface area (Å²) in [6.45, 7) is 5.62. The van der Waals surface area contributed by atoms with Gasteiger partial charge in [0, 0.05) is 25.7 Å². The molecule has 0 bridgehead atoms. The number of nitrogens with two attached hydrogens (primary N) is 2. The molecule has 2 rings (SSSR count). The van der Waals surface area contributed by atoms with Crippen molar-refractivity contribution in [2.24, 2.45) is 17.4 Å². The van der Waals surface area contributed by atoms with Gasteiger partial charge in [-0.25, -0.2) is 4.79 Å². The highest BCUT2D eigenvalue weighted by molar-refractivity contribution is 5.82. The van der Waals surface area contributed by atoms with Crippen LogP contribution in [0.15, 0.2) is 0 Å². The van der Waals surface area contributed by atoms with Crippen molar-refractivity contribution < 1.29 is 14.8 Å². The Bertz CT molecular complexity index is 446. The Kier molecular flexibility index (Phi) is 5.79. The summed E-state index contributed by atoms with van der Waals surface area (Å²) in [5, 5.41) is 16.9. The number of hydroxylamine groups is 2. The van der Waals surface area contributed by atoms with Gasteiger partial charge in [-0.05, 0) is 18.8 Å². The van der Waals surface area contributed by atoms with Gasteiger partial charge in [0.25, 0.3) is 0 Å². The fraction of sp³-hybridized carbons (Fsp3) is 0.857. The van der Waals surface area contributed by atoms with E-state index in [0.717, 1.165) is 13.0 Å². The van der Waals surface area contributed by atoms with Crippen LogP contribution in [0.3, 0.4) is 0 Å². The Morgan fingerprint density at radius 1 is 1.22 bits per heavy atom. The molecule has 7 N–H and O–H groups in total. The maximum atomic E-state index is 12.1. The Hall–Kier alpha value is -1.42. The van der Waals surface area contributed by atoms with E-state index in [0.29, 0.717) is 19.5 Å². The summed E-state index contributed by atoms with van der Waals surface area (Å²) in [6, 6.07) is -1.34. The number of carbonyl (C=O) groups is 2. The molecule has 4 unspecified atom stereocenters. The average Bonchev–Trinajstić information content (AvgIpc) is 3.04. The number of amides is 3. The molecule has 2 fully saturated rings. The number of urea groups is 1. The monoisotopic (exact) mass is 328 g/mol. The SMILES string of the molecule is CC(C)C(N)C(=O)NC1CCN(C2C(NC(N)=O)CCN2O)C1. The van der Waals surface area contributed by atoms with Crippen molar-refractivity contribution in [2.45, 2.75) is 51.0 Å². The van der Waals surface area contributed by atoms with Crippen molar-refractivity contribution in [3.05, 3.63) is 0 Å². The van der Waals surface area contributed by atoms with Gasteiger partial charge in [-0.3, -0.25) is 9.69 Å². The van der Waals surface area contributed by atoms with Gasteiger partial charge in [-0.15, -0.1) is 0 Å². The van der Waals surface area contributed by atoms with E-state index in [9.17, 15) is 14.8 Å². The van der Waals surface area contributed by atoms with Gasteiger partial charge < -0.3 is 27.3 Å². The third-order valence-electron chi connectivity index (χ3n) is 4.62. The van der Waals surface area contributed by atoms with Gasteiger partial charge in [0.15, 0.2) is 0 Å². The highest BCUT2D eigenvalue weighted by Crippen LogP contribution is 2.23. The molecule has 4 atom stereocenters. The molecule has 0 aromatic carbocycles. The van der Waals surface area contributed by atoms with Crippen LogP contribution in [0.4, 0.5) is 4.79 Å². The molecule has 2 heterocycles. The van der Waals surface area contributed by atoms with E-state index < -0.39 is 12.1 Å². The second-order valence-electron chi connectivity index (χ2n) is 6.74. The molecule has 0 saturated carbocycles. The summed E-state index contributed by atoms with van der Waals surface area (Å²) < 4.78 is 0. The van der Waals surface area contributed by atoms with E-state index in [1.54, 1.807) is 0 Å².